The molecule has 0 saturated carbocycles. The Morgan fingerprint density at radius 3 is 1.45 bits per heavy atom. The highest BCUT2D eigenvalue weighted by Crippen LogP contribution is 2.22. The molecular weight excluding hydrogens is 460 g/mol. The van der Waals surface area contributed by atoms with E-state index in [1.165, 1.54) is 38.9 Å². The van der Waals surface area contributed by atoms with Crippen LogP contribution in [0, 0.1) is 0 Å². The SMILES string of the molecule is c1ccc(-c2cccc(Cc3ccccn3)c2)cc1.c1ccc(-c2cccc(Cc3ccncc3)c2)cc1. The van der Waals surface area contributed by atoms with Gasteiger partial charge in [0, 0.05) is 30.7 Å². The number of hydrogen-bond donors (Lipinski definition) is 0. The maximum atomic E-state index is 4.38. The van der Waals surface area contributed by atoms with Crippen molar-refractivity contribution in [2.24, 2.45) is 0 Å². The normalized spacial score (nSPS) is 10.3. The Morgan fingerprint density at radius 2 is 0.895 bits per heavy atom. The summed E-state index contributed by atoms with van der Waals surface area (Å²) < 4.78 is 0. The largest absolute Gasteiger partial charge is 0.265 e. The number of pyridine rings is 2. The maximum Gasteiger partial charge on any atom is 0.0447 e. The topological polar surface area (TPSA) is 25.8 Å². The van der Waals surface area contributed by atoms with E-state index in [-0.39, 0.29) is 0 Å². The third-order valence-electron chi connectivity index (χ3n) is 6.34. The van der Waals surface area contributed by atoms with Crippen LogP contribution in [0.25, 0.3) is 22.3 Å². The molecule has 0 saturated heterocycles. The van der Waals surface area contributed by atoms with Crippen LogP contribution in [0.15, 0.2) is 158 Å². The summed E-state index contributed by atoms with van der Waals surface area (Å²) >= 11 is 0. The quantitative estimate of drug-likeness (QED) is 0.233. The highest BCUT2D eigenvalue weighted by molar-refractivity contribution is 5.65. The van der Waals surface area contributed by atoms with E-state index >= 15 is 0 Å². The van der Waals surface area contributed by atoms with E-state index in [0.29, 0.717) is 0 Å². The molecule has 0 spiro atoms. The van der Waals surface area contributed by atoms with Crippen LogP contribution in [0.2, 0.25) is 0 Å². The first-order valence-corrected chi connectivity index (χ1v) is 12.9. The molecule has 0 aliphatic rings. The fourth-order valence-electron chi connectivity index (χ4n) is 4.43. The van der Waals surface area contributed by atoms with E-state index in [4.69, 9.17) is 0 Å². The lowest BCUT2D eigenvalue weighted by atomic mass is 10.00. The molecule has 0 fully saturated rings. The molecule has 2 heteroatoms. The zero-order valence-electron chi connectivity index (χ0n) is 21.3. The average molecular weight is 491 g/mol. The highest BCUT2D eigenvalue weighted by Gasteiger charge is 2.01. The molecule has 0 atom stereocenters. The van der Waals surface area contributed by atoms with E-state index in [2.05, 4.69) is 125 Å². The van der Waals surface area contributed by atoms with Crippen molar-refractivity contribution >= 4 is 0 Å². The van der Waals surface area contributed by atoms with Gasteiger partial charge in [-0.05, 0) is 69.6 Å². The van der Waals surface area contributed by atoms with Crippen molar-refractivity contribution in [1.82, 2.24) is 9.97 Å². The van der Waals surface area contributed by atoms with Gasteiger partial charge in [0.25, 0.3) is 0 Å². The van der Waals surface area contributed by atoms with E-state index in [0.717, 1.165) is 18.5 Å². The van der Waals surface area contributed by atoms with Crippen molar-refractivity contribution in [3.05, 3.63) is 181 Å². The Labute approximate surface area is 225 Å². The van der Waals surface area contributed by atoms with Gasteiger partial charge in [0.1, 0.15) is 0 Å². The van der Waals surface area contributed by atoms with E-state index < -0.39 is 0 Å². The van der Waals surface area contributed by atoms with Gasteiger partial charge in [-0.3, -0.25) is 9.97 Å². The lowest BCUT2D eigenvalue weighted by Gasteiger charge is -2.06. The van der Waals surface area contributed by atoms with Crippen molar-refractivity contribution in [1.29, 1.82) is 0 Å². The van der Waals surface area contributed by atoms with Crippen LogP contribution in [0.3, 0.4) is 0 Å². The molecule has 0 aliphatic heterocycles. The Hall–Kier alpha value is -4.82. The summed E-state index contributed by atoms with van der Waals surface area (Å²) in [4.78, 5) is 8.43. The van der Waals surface area contributed by atoms with Gasteiger partial charge in [-0.2, -0.15) is 0 Å². The van der Waals surface area contributed by atoms with Crippen molar-refractivity contribution in [2.45, 2.75) is 12.8 Å². The number of hydrogen-bond acceptors (Lipinski definition) is 2. The minimum absolute atomic E-state index is 0.877. The van der Waals surface area contributed by atoms with Crippen LogP contribution < -0.4 is 0 Å². The summed E-state index contributed by atoms with van der Waals surface area (Å²) in [7, 11) is 0. The summed E-state index contributed by atoms with van der Waals surface area (Å²) in [6.45, 7) is 0. The zero-order chi connectivity index (χ0) is 25.8. The van der Waals surface area contributed by atoms with Crippen molar-refractivity contribution in [3.63, 3.8) is 0 Å². The van der Waals surface area contributed by atoms with Crippen LogP contribution in [-0.4, -0.2) is 9.97 Å². The predicted molar refractivity (Wildman–Crippen MR) is 158 cm³/mol. The lowest BCUT2D eigenvalue weighted by molar-refractivity contribution is 1.07. The molecule has 0 aliphatic carbocycles. The van der Waals surface area contributed by atoms with E-state index in [1.54, 1.807) is 0 Å². The molecule has 6 aromatic rings. The summed E-state index contributed by atoms with van der Waals surface area (Å²) in [6, 6.07) is 48.5. The van der Waals surface area contributed by atoms with Gasteiger partial charge in [0.15, 0.2) is 0 Å². The second kappa shape index (κ2) is 12.9. The molecule has 2 nitrogen and oxygen atoms in total. The van der Waals surface area contributed by atoms with Crippen LogP contribution in [0.1, 0.15) is 22.4 Å². The molecule has 0 amide bonds. The molecule has 184 valence electrons. The van der Waals surface area contributed by atoms with Gasteiger partial charge >= 0.3 is 0 Å². The average Bonchev–Trinajstić information content (AvgIpc) is 3.00. The molecule has 2 aromatic heterocycles. The van der Waals surface area contributed by atoms with Gasteiger partial charge in [-0.15, -0.1) is 0 Å². The van der Waals surface area contributed by atoms with Crippen molar-refractivity contribution in [3.8, 4) is 22.3 Å². The molecule has 0 unspecified atom stereocenters. The third kappa shape index (κ3) is 7.11. The summed E-state index contributed by atoms with van der Waals surface area (Å²) in [6.07, 6.45) is 7.36. The molecule has 0 bridgehead atoms. The van der Waals surface area contributed by atoms with Crippen molar-refractivity contribution < 1.29 is 0 Å². The second-order valence-corrected chi connectivity index (χ2v) is 9.16. The van der Waals surface area contributed by atoms with Gasteiger partial charge in [-0.1, -0.05) is 115 Å². The van der Waals surface area contributed by atoms with Gasteiger partial charge in [-0.25, -0.2) is 0 Å². The fraction of sp³-hybridized carbons (Fsp3) is 0.0556. The number of benzene rings is 4. The Bertz CT molecular complexity index is 1410. The standard InChI is InChI=1S/2C18H15N/c1-2-8-16(9-3-1)17-10-6-7-15(13-17)14-18-11-4-5-12-19-18;1-2-6-17(7-3-1)18-8-4-5-16(14-18)13-15-9-11-19-12-10-15/h1-13H,14H2;1-12,14H,13H2. The minimum atomic E-state index is 0.877. The molecule has 38 heavy (non-hydrogen) atoms. The van der Waals surface area contributed by atoms with Crippen molar-refractivity contribution in [2.75, 3.05) is 0 Å². The van der Waals surface area contributed by atoms with E-state index in [1.807, 2.05) is 42.9 Å². The molecule has 6 rings (SSSR count). The number of rotatable bonds is 6. The summed E-state index contributed by atoms with van der Waals surface area (Å²) in [5, 5.41) is 0. The Balaban J connectivity index is 0.000000155. The maximum absolute atomic E-state index is 4.38. The Kier molecular flexibility index (Phi) is 8.46. The molecular formula is C36H30N2. The number of aromatic nitrogens is 2. The monoisotopic (exact) mass is 490 g/mol. The molecule has 0 N–H and O–H groups in total. The van der Waals surface area contributed by atoms with Gasteiger partial charge in [0.05, 0.1) is 0 Å². The third-order valence-corrected chi connectivity index (χ3v) is 6.34. The predicted octanol–water partition coefficient (Wildman–Crippen LogP) is 8.68. The Morgan fingerprint density at radius 1 is 0.368 bits per heavy atom. The molecule has 4 aromatic carbocycles. The van der Waals surface area contributed by atoms with E-state index in [9.17, 15) is 0 Å². The first-order chi connectivity index (χ1) is 18.8. The number of nitrogens with zero attached hydrogens (tertiary/aromatic N) is 2. The summed E-state index contributed by atoms with van der Waals surface area (Å²) in [5.41, 5.74) is 10.1. The lowest BCUT2D eigenvalue weighted by Crippen LogP contribution is -1.91. The summed E-state index contributed by atoms with van der Waals surface area (Å²) in [5.74, 6) is 0. The van der Waals surface area contributed by atoms with Crippen LogP contribution in [-0.2, 0) is 12.8 Å². The first kappa shape index (κ1) is 24.9. The first-order valence-electron chi connectivity index (χ1n) is 12.9. The van der Waals surface area contributed by atoms with Gasteiger partial charge in [0.2, 0.25) is 0 Å². The highest BCUT2D eigenvalue weighted by atomic mass is 14.7. The second-order valence-electron chi connectivity index (χ2n) is 9.16. The van der Waals surface area contributed by atoms with Crippen LogP contribution in [0.5, 0.6) is 0 Å². The molecule has 0 radical (unpaired) electrons. The fourth-order valence-corrected chi connectivity index (χ4v) is 4.43. The van der Waals surface area contributed by atoms with Crippen LogP contribution in [0.4, 0.5) is 0 Å². The van der Waals surface area contributed by atoms with Gasteiger partial charge < -0.3 is 0 Å². The van der Waals surface area contributed by atoms with Crippen LogP contribution >= 0.6 is 0 Å². The zero-order valence-corrected chi connectivity index (χ0v) is 21.3. The minimum Gasteiger partial charge on any atom is -0.265 e. The molecule has 2 heterocycles. The smallest absolute Gasteiger partial charge is 0.0447 e.